The van der Waals surface area contributed by atoms with Gasteiger partial charge in [-0.15, -0.1) is 0 Å². The highest BCUT2D eigenvalue weighted by Gasteiger charge is 2.30. The smallest absolute Gasteiger partial charge is 0.225 e. The molecule has 1 aromatic carbocycles. The zero-order chi connectivity index (χ0) is 15.2. The SMILES string of the molecule is COC(CN)CC(=O)N1CCCC1Cc1ccccc1Cl. The highest BCUT2D eigenvalue weighted by Crippen LogP contribution is 2.25. The summed E-state index contributed by atoms with van der Waals surface area (Å²) in [6.07, 6.45) is 3.04. The van der Waals surface area contributed by atoms with E-state index in [9.17, 15) is 4.79 Å². The van der Waals surface area contributed by atoms with E-state index < -0.39 is 0 Å². The van der Waals surface area contributed by atoms with E-state index in [-0.39, 0.29) is 18.1 Å². The summed E-state index contributed by atoms with van der Waals surface area (Å²) in [4.78, 5) is 14.4. The number of halogens is 1. The molecule has 2 atom stereocenters. The van der Waals surface area contributed by atoms with Gasteiger partial charge in [-0.2, -0.15) is 0 Å². The van der Waals surface area contributed by atoms with Gasteiger partial charge >= 0.3 is 0 Å². The van der Waals surface area contributed by atoms with Crippen LogP contribution in [0.2, 0.25) is 5.02 Å². The lowest BCUT2D eigenvalue weighted by Gasteiger charge is -2.26. The van der Waals surface area contributed by atoms with Gasteiger partial charge in [0.15, 0.2) is 0 Å². The van der Waals surface area contributed by atoms with Crippen LogP contribution >= 0.6 is 11.6 Å². The maximum absolute atomic E-state index is 12.4. The van der Waals surface area contributed by atoms with E-state index in [0.717, 1.165) is 36.4 Å². The summed E-state index contributed by atoms with van der Waals surface area (Å²) in [6, 6.07) is 8.06. The summed E-state index contributed by atoms with van der Waals surface area (Å²) >= 11 is 6.22. The van der Waals surface area contributed by atoms with Crippen molar-refractivity contribution < 1.29 is 9.53 Å². The summed E-state index contributed by atoms with van der Waals surface area (Å²) in [5.41, 5.74) is 6.70. The molecule has 2 N–H and O–H groups in total. The highest BCUT2D eigenvalue weighted by atomic mass is 35.5. The van der Waals surface area contributed by atoms with Crippen molar-refractivity contribution in [3.63, 3.8) is 0 Å². The first kappa shape index (κ1) is 16.3. The minimum Gasteiger partial charge on any atom is -0.380 e. The van der Waals surface area contributed by atoms with Gasteiger partial charge in [0, 0.05) is 31.3 Å². The second kappa shape index (κ2) is 7.78. The minimum atomic E-state index is -0.195. The Hall–Kier alpha value is -1.10. The molecule has 4 nitrogen and oxygen atoms in total. The first-order chi connectivity index (χ1) is 10.2. The third-order valence-electron chi connectivity index (χ3n) is 4.11. The van der Waals surface area contributed by atoms with Gasteiger partial charge in [0.05, 0.1) is 12.5 Å². The fourth-order valence-corrected chi connectivity index (χ4v) is 3.08. The van der Waals surface area contributed by atoms with Gasteiger partial charge in [-0.1, -0.05) is 29.8 Å². The Balaban J connectivity index is 2.00. The summed E-state index contributed by atoms with van der Waals surface area (Å²) in [7, 11) is 1.59. The number of hydrogen-bond donors (Lipinski definition) is 1. The maximum Gasteiger partial charge on any atom is 0.225 e. The molecule has 1 fully saturated rings. The normalized spacial score (nSPS) is 19.8. The molecule has 0 spiro atoms. The first-order valence-corrected chi connectivity index (χ1v) is 7.79. The van der Waals surface area contributed by atoms with Gasteiger partial charge in [-0.05, 0) is 30.9 Å². The Morgan fingerprint density at radius 3 is 2.95 bits per heavy atom. The van der Waals surface area contributed by atoms with Crippen LogP contribution in [0, 0.1) is 0 Å². The molecule has 0 aromatic heterocycles. The predicted molar refractivity (Wildman–Crippen MR) is 84.4 cm³/mol. The van der Waals surface area contributed by atoms with Crippen molar-refractivity contribution in [3.8, 4) is 0 Å². The van der Waals surface area contributed by atoms with Gasteiger partial charge in [0.2, 0.25) is 5.91 Å². The highest BCUT2D eigenvalue weighted by molar-refractivity contribution is 6.31. The number of amides is 1. The molecular weight excluding hydrogens is 288 g/mol. The number of nitrogens with zero attached hydrogens (tertiary/aromatic N) is 1. The van der Waals surface area contributed by atoms with Crippen LogP contribution in [0.5, 0.6) is 0 Å². The van der Waals surface area contributed by atoms with E-state index in [1.54, 1.807) is 7.11 Å². The van der Waals surface area contributed by atoms with E-state index in [0.29, 0.717) is 13.0 Å². The average molecular weight is 311 g/mol. The van der Waals surface area contributed by atoms with Gasteiger partial charge in [-0.3, -0.25) is 4.79 Å². The van der Waals surface area contributed by atoms with Gasteiger partial charge in [0.25, 0.3) is 0 Å². The van der Waals surface area contributed by atoms with E-state index in [1.165, 1.54) is 0 Å². The maximum atomic E-state index is 12.4. The molecule has 0 aliphatic carbocycles. The number of likely N-dealkylation sites (tertiary alicyclic amines) is 1. The Kier molecular flexibility index (Phi) is 6.03. The number of hydrogen-bond acceptors (Lipinski definition) is 3. The number of rotatable bonds is 6. The van der Waals surface area contributed by atoms with Gasteiger partial charge in [-0.25, -0.2) is 0 Å². The first-order valence-electron chi connectivity index (χ1n) is 7.41. The second-order valence-electron chi connectivity index (χ2n) is 5.48. The Morgan fingerprint density at radius 1 is 1.52 bits per heavy atom. The zero-order valence-electron chi connectivity index (χ0n) is 12.4. The molecule has 1 amide bonds. The zero-order valence-corrected chi connectivity index (χ0v) is 13.2. The van der Waals surface area contributed by atoms with Crippen LogP contribution in [0.1, 0.15) is 24.8 Å². The fourth-order valence-electron chi connectivity index (χ4n) is 2.87. The molecule has 5 heteroatoms. The molecule has 0 saturated carbocycles. The van der Waals surface area contributed by atoms with Crippen molar-refractivity contribution in [3.05, 3.63) is 34.9 Å². The van der Waals surface area contributed by atoms with Crippen LogP contribution in [-0.4, -0.2) is 43.2 Å². The van der Waals surface area contributed by atoms with Crippen molar-refractivity contribution in [1.29, 1.82) is 0 Å². The Labute approximate surface area is 131 Å². The molecule has 116 valence electrons. The largest absolute Gasteiger partial charge is 0.380 e. The Bertz CT molecular complexity index is 477. The summed E-state index contributed by atoms with van der Waals surface area (Å²) in [6.45, 7) is 1.18. The molecule has 1 saturated heterocycles. The van der Waals surface area contributed by atoms with Gasteiger partial charge in [0.1, 0.15) is 0 Å². The van der Waals surface area contributed by atoms with Crippen LogP contribution in [0.3, 0.4) is 0 Å². The van der Waals surface area contributed by atoms with Crippen molar-refractivity contribution in [1.82, 2.24) is 4.90 Å². The van der Waals surface area contributed by atoms with Crippen molar-refractivity contribution in [2.24, 2.45) is 5.73 Å². The second-order valence-corrected chi connectivity index (χ2v) is 5.88. The molecular formula is C16H23ClN2O2. The van der Waals surface area contributed by atoms with Crippen LogP contribution < -0.4 is 5.73 Å². The van der Waals surface area contributed by atoms with Crippen LogP contribution in [0.15, 0.2) is 24.3 Å². The standard InChI is InChI=1S/C16H23ClN2O2/c1-21-14(11-18)10-16(20)19-8-4-6-13(19)9-12-5-2-3-7-15(12)17/h2-3,5,7,13-14H,4,6,8-11,18H2,1H3. The van der Waals surface area contributed by atoms with E-state index >= 15 is 0 Å². The quantitative estimate of drug-likeness (QED) is 0.876. The lowest BCUT2D eigenvalue weighted by atomic mass is 10.0. The molecule has 1 aliphatic rings. The number of carbonyl (C=O) groups excluding carboxylic acids is 1. The number of carbonyl (C=O) groups is 1. The Morgan fingerprint density at radius 2 is 2.29 bits per heavy atom. The van der Waals surface area contributed by atoms with E-state index in [1.807, 2.05) is 29.2 Å². The van der Waals surface area contributed by atoms with E-state index in [4.69, 9.17) is 22.1 Å². The number of methoxy groups -OCH3 is 1. The number of benzene rings is 1. The van der Waals surface area contributed by atoms with E-state index in [2.05, 4.69) is 0 Å². The molecule has 21 heavy (non-hydrogen) atoms. The molecule has 2 unspecified atom stereocenters. The van der Waals surface area contributed by atoms with Crippen LogP contribution in [-0.2, 0) is 16.0 Å². The molecule has 1 heterocycles. The molecule has 1 aliphatic heterocycles. The van der Waals surface area contributed by atoms with Crippen molar-refractivity contribution in [2.75, 3.05) is 20.2 Å². The summed E-state index contributed by atoms with van der Waals surface area (Å²) in [5.74, 6) is 0.127. The lowest BCUT2D eigenvalue weighted by Crippen LogP contribution is -2.40. The van der Waals surface area contributed by atoms with Crippen molar-refractivity contribution >= 4 is 17.5 Å². The molecule has 0 radical (unpaired) electrons. The van der Waals surface area contributed by atoms with Crippen LogP contribution in [0.25, 0.3) is 0 Å². The minimum absolute atomic E-state index is 0.127. The summed E-state index contributed by atoms with van der Waals surface area (Å²) in [5, 5.41) is 0.772. The molecule has 0 bridgehead atoms. The monoisotopic (exact) mass is 310 g/mol. The average Bonchev–Trinajstić information content (AvgIpc) is 2.95. The van der Waals surface area contributed by atoms with Crippen molar-refractivity contribution in [2.45, 2.75) is 37.8 Å². The topological polar surface area (TPSA) is 55.6 Å². The fraction of sp³-hybridized carbons (Fsp3) is 0.562. The lowest BCUT2D eigenvalue weighted by molar-refractivity contribution is -0.134. The van der Waals surface area contributed by atoms with Crippen LogP contribution in [0.4, 0.5) is 0 Å². The van der Waals surface area contributed by atoms with Gasteiger partial charge < -0.3 is 15.4 Å². The molecule has 2 rings (SSSR count). The number of ether oxygens (including phenoxy) is 1. The third-order valence-corrected chi connectivity index (χ3v) is 4.48. The number of nitrogens with two attached hydrogens (primary N) is 1. The molecule has 1 aromatic rings. The summed E-state index contributed by atoms with van der Waals surface area (Å²) < 4.78 is 5.21. The third kappa shape index (κ3) is 4.19. The predicted octanol–water partition coefficient (Wildman–Crippen LogP) is 2.24.